The Bertz CT molecular complexity index is 3220. The molecule has 0 unspecified atom stereocenters. The standard InChI is InChI=1S/C53H34N2S2/c1-4-14-35(15-5-1)36-26-28-40(29-27-36)55(41-30-31-44(46(32-41)38-16-6-2-7-17-38)43-23-12-21-37-18-10-11-22-42(37)43)49-25-13-24-45-47-33-51-48(34-50(47)56-52(45)49)54-53(57-51)39-19-8-3-9-20-39/h1-34H. The van der Waals surface area contributed by atoms with E-state index in [0.29, 0.717) is 0 Å². The number of thiazole rings is 1. The Hall–Kier alpha value is -6.85. The Labute approximate surface area is 339 Å². The van der Waals surface area contributed by atoms with Gasteiger partial charge < -0.3 is 4.90 Å². The second kappa shape index (κ2) is 14.0. The maximum Gasteiger partial charge on any atom is 0.124 e. The Kier molecular flexibility index (Phi) is 8.24. The summed E-state index contributed by atoms with van der Waals surface area (Å²) in [6.07, 6.45) is 0. The van der Waals surface area contributed by atoms with Gasteiger partial charge >= 0.3 is 0 Å². The van der Waals surface area contributed by atoms with Crippen LogP contribution in [0.3, 0.4) is 0 Å². The van der Waals surface area contributed by atoms with Gasteiger partial charge in [-0.15, -0.1) is 22.7 Å². The molecule has 2 heterocycles. The topological polar surface area (TPSA) is 16.1 Å². The van der Waals surface area contributed by atoms with Crippen molar-refractivity contribution in [2.75, 3.05) is 4.90 Å². The molecule has 11 rings (SSSR count). The van der Waals surface area contributed by atoms with Crippen LogP contribution in [-0.4, -0.2) is 4.98 Å². The van der Waals surface area contributed by atoms with E-state index in [1.54, 1.807) is 11.3 Å². The zero-order chi connectivity index (χ0) is 37.7. The van der Waals surface area contributed by atoms with E-state index in [4.69, 9.17) is 4.98 Å². The molecule has 2 aromatic heterocycles. The summed E-state index contributed by atoms with van der Waals surface area (Å²) in [4.78, 5) is 7.54. The molecule has 0 N–H and O–H groups in total. The number of rotatable bonds is 7. The zero-order valence-corrected chi connectivity index (χ0v) is 32.5. The van der Waals surface area contributed by atoms with Gasteiger partial charge in [0.15, 0.2) is 0 Å². The maximum atomic E-state index is 5.09. The van der Waals surface area contributed by atoms with Crippen molar-refractivity contribution in [3.8, 4) is 44.0 Å². The number of hydrogen-bond donors (Lipinski definition) is 0. The van der Waals surface area contributed by atoms with Crippen LogP contribution in [0.25, 0.3) is 85.1 Å². The quantitative estimate of drug-likeness (QED) is 0.161. The summed E-state index contributed by atoms with van der Waals surface area (Å²) in [6.45, 7) is 0. The molecule has 0 saturated carbocycles. The second-order valence-electron chi connectivity index (χ2n) is 14.3. The van der Waals surface area contributed by atoms with Gasteiger partial charge in [-0.25, -0.2) is 4.98 Å². The molecule has 0 radical (unpaired) electrons. The van der Waals surface area contributed by atoms with E-state index in [-0.39, 0.29) is 0 Å². The predicted octanol–water partition coefficient (Wildman–Crippen LogP) is 16.0. The van der Waals surface area contributed by atoms with Crippen LogP contribution in [0.15, 0.2) is 206 Å². The Balaban J connectivity index is 1.12. The summed E-state index contributed by atoms with van der Waals surface area (Å²) in [5, 5.41) is 6.06. The first-order valence-electron chi connectivity index (χ1n) is 19.2. The second-order valence-corrected chi connectivity index (χ2v) is 16.4. The number of hydrogen-bond acceptors (Lipinski definition) is 4. The van der Waals surface area contributed by atoms with Gasteiger partial charge in [0.05, 0.1) is 20.6 Å². The lowest BCUT2D eigenvalue weighted by atomic mass is 9.90. The lowest BCUT2D eigenvalue weighted by Crippen LogP contribution is -2.10. The molecule has 57 heavy (non-hydrogen) atoms. The number of aromatic nitrogens is 1. The Morgan fingerprint density at radius 2 is 1.00 bits per heavy atom. The van der Waals surface area contributed by atoms with Crippen LogP contribution >= 0.6 is 22.7 Å². The Morgan fingerprint density at radius 1 is 0.368 bits per heavy atom. The predicted molar refractivity (Wildman–Crippen MR) is 246 cm³/mol. The number of anilines is 3. The van der Waals surface area contributed by atoms with E-state index in [1.807, 2.05) is 11.3 Å². The average Bonchev–Trinajstić information content (AvgIpc) is 3.88. The fourth-order valence-corrected chi connectivity index (χ4v) is 10.4. The van der Waals surface area contributed by atoms with Gasteiger partial charge in [-0.1, -0.05) is 164 Å². The minimum atomic E-state index is 1.05. The van der Waals surface area contributed by atoms with E-state index in [9.17, 15) is 0 Å². The third kappa shape index (κ3) is 5.98. The van der Waals surface area contributed by atoms with Crippen molar-refractivity contribution in [3.63, 3.8) is 0 Å². The molecule has 0 bridgehead atoms. The number of benzene rings is 9. The fraction of sp³-hybridized carbons (Fsp3) is 0. The van der Waals surface area contributed by atoms with Crippen LogP contribution in [-0.2, 0) is 0 Å². The van der Waals surface area contributed by atoms with Crippen LogP contribution in [0.4, 0.5) is 17.1 Å². The summed E-state index contributed by atoms with van der Waals surface area (Å²) in [5.41, 5.74) is 12.8. The summed E-state index contributed by atoms with van der Waals surface area (Å²) in [6, 6.07) is 74.6. The molecule has 0 saturated heterocycles. The third-order valence-electron chi connectivity index (χ3n) is 10.9. The normalized spacial score (nSPS) is 11.5. The van der Waals surface area contributed by atoms with Gasteiger partial charge in [-0.3, -0.25) is 0 Å². The Morgan fingerprint density at radius 3 is 1.79 bits per heavy atom. The highest BCUT2D eigenvalue weighted by molar-refractivity contribution is 7.27. The van der Waals surface area contributed by atoms with Crippen molar-refractivity contribution in [1.29, 1.82) is 0 Å². The van der Waals surface area contributed by atoms with Gasteiger partial charge in [0.25, 0.3) is 0 Å². The molecule has 0 aliphatic carbocycles. The summed E-state index contributed by atoms with van der Waals surface area (Å²) in [5.74, 6) is 0. The average molecular weight is 763 g/mol. The monoisotopic (exact) mass is 762 g/mol. The first-order chi connectivity index (χ1) is 28.2. The summed E-state index contributed by atoms with van der Waals surface area (Å²) < 4.78 is 3.70. The highest BCUT2D eigenvalue weighted by atomic mass is 32.1. The molecule has 0 aliphatic heterocycles. The van der Waals surface area contributed by atoms with E-state index in [2.05, 4.69) is 211 Å². The number of fused-ring (bicyclic) bond motifs is 5. The molecule has 268 valence electrons. The SMILES string of the molecule is c1ccc(-c2ccc(N(c3ccc(-c4cccc5ccccc45)c(-c4ccccc4)c3)c3cccc4c3sc3cc5nc(-c6ccccc6)sc5cc34)cc2)cc1. The lowest BCUT2D eigenvalue weighted by molar-refractivity contribution is 1.30. The van der Waals surface area contributed by atoms with Crippen LogP contribution < -0.4 is 4.90 Å². The van der Waals surface area contributed by atoms with Crippen molar-refractivity contribution in [3.05, 3.63) is 206 Å². The molecular formula is C53H34N2S2. The van der Waals surface area contributed by atoms with E-state index in [0.717, 1.165) is 33.1 Å². The van der Waals surface area contributed by atoms with Crippen molar-refractivity contribution < 1.29 is 0 Å². The third-order valence-corrected chi connectivity index (χ3v) is 13.2. The van der Waals surface area contributed by atoms with E-state index in [1.165, 1.54) is 69.0 Å². The molecule has 2 nitrogen and oxygen atoms in total. The zero-order valence-electron chi connectivity index (χ0n) is 30.8. The summed E-state index contributed by atoms with van der Waals surface area (Å²) in [7, 11) is 0. The molecule has 4 heteroatoms. The molecule has 11 aromatic rings. The van der Waals surface area contributed by atoms with E-state index >= 15 is 0 Å². The highest BCUT2D eigenvalue weighted by Crippen LogP contribution is 2.48. The van der Waals surface area contributed by atoms with Crippen LogP contribution in [0.5, 0.6) is 0 Å². The lowest BCUT2D eigenvalue weighted by Gasteiger charge is -2.27. The van der Waals surface area contributed by atoms with Crippen molar-refractivity contribution in [2.45, 2.75) is 0 Å². The molecular weight excluding hydrogens is 729 g/mol. The van der Waals surface area contributed by atoms with Gasteiger partial charge in [0.2, 0.25) is 0 Å². The first kappa shape index (κ1) is 33.5. The largest absolute Gasteiger partial charge is 0.309 e. The minimum Gasteiger partial charge on any atom is -0.309 e. The van der Waals surface area contributed by atoms with Crippen molar-refractivity contribution in [2.24, 2.45) is 0 Å². The van der Waals surface area contributed by atoms with Crippen LogP contribution in [0.2, 0.25) is 0 Å². The molecule has 0 fully saturated rings. The fourth-order valence-electron chi connectivity index (χ4n) is 8.17. The molecule has 0 amide bonds. The molecule has 9 aromatic carbocycles. The molecule has 0 spiro atoms. The van der Waals surface area contributed by atoms with Gasteiger partial charge in [-0.05, 0) is 86.6 Å². The van der Waals surface area contributed by atoms with Crippen molar-refractivity contribution in [1.82, 2.24) is 4.98 Å². The van der Waals surface area contributed by atoms with Gasteiger partial charge in [0, 0.05) is 32.4 Å². The van der Waals surface area contributed by atoms with Crippen molar-refractivity contribution >= 4 is 80.9 Å². The number of thiophene rings is 1. The van der Waals surface area contributed by atoms with Gasteiger partial charge in [0.1, 0.15) is 5.01 Å². The minimum absolute atomic E-state index is 1.05. The smallest absolute Gasteiger partial charge is 0.124 e. The summed E-state index contributed by atoms with van der Waals surface area (Å²) >= 11 is 3.61. The maximum absolute atomic E-state index is 5.09. The van der Waals surface area contributed by atoms with Crippen LogP contribution in [0.1, 0.15) is 0 Å². The molecule has 0 aliphatic rings. The van der Waals surface area contributed by atoms with Gasteiger partial charge in [-0.2, -0.15) is 0 Å². The van der Waals surface area contributed by atoms with E-state index < -0.39 is 0 Å². The van der Waals surface area contributed by atoms with Crippen LogP contribution in [0, 0.1) is 0 Å². The highest BCUT2D eigenvalue weighted by Gasteiger charge is 2.21. The first-order valence-corrected chi connectivity index (χ1v) is 20.8. The molecule has 0 atom stereocenters. The number of nitrogens with zero attached hydrogens (tertiary/aromatic N) is 2.